The lowest BCUT2D eigenvalue weighted by Gasteiger charge is -2.33. The van der Waals surface area contributed by atoms with E-state index in [1.807, 2.05) is 49.4 Å². The van der Waals surface area contributed by atoms with Crippen LogP contribution in [0.3, 0.4) is 0 Å². The number of urea groups is 1. The molecule has 2 amide bonds. The van der Waals surface area contributed by atoms with Crippen LogP contribution in [0.5, 0.6) is 5.75 Å². The van der Waals surface area contributed by atoms with Gasteiger partial charge in [0.05, 0.1) is 7.11 Å². The second-order valence-electron chi connectivity index (χ2n) is 6.81. The molecule has 1 atom stereocenters. The van der Waals surface area contributed by atoms with E-state index < -0.39 is 0 Å². The van der Waals surface area contributed by atoms with E-state index in [1.54, 1.807) is 7.11 Å². The highest BCUT2D eigenvalue weighted by molar-refractivity contribution is 5.74. The summed E-state index contributed by atoms with van der Waals surface area (Å²) >= 11 is 0. The van der Waals surface area contributed by atoms with Crippen molar-refractivity contribution in [3.05, 3.63) is 65.7 Å². The summed E-state index contributed by atoms with van der Waals surface area (Å²) in [5, 5.41) is 5.99. The van der Waals surface area contributed by atoms with Gasteiger partial charge in [-0.1, -0.05) is 56.3 Å². The van der Waals surface area contributed by atoms with Gasteiger partial charge in [-0.05, 0) is 36.6 Å². The van der Waals surface area contributed by atoms with Gasteiger partial charge in [0.1, 0.15) is 5.75 Å². The Labute approximate surface area is 150 Å². The number of hydrogen-bond donors (Lipinski definition) is 2. The summed E-state index contributed by atoms with van der Waals surface area (Å²) < 4.78 is 5.14. The van der Waals surface area contributed by atoms with Crippen molar-refractivity contribution < 1.29 is 9.53 Å². The Hall–Kier alpha value is -2.49. The zero-order valence-electron chi connectivity index (χ0n) is 15.5. The van der Waals surface area contributed by atoms with Gasteiger partial charge in [0, 0.05) is 18.0 Å². The average Bonchev–Trinajstić information content (AvgIpc) is 2.63. The number of nitrogens with one attached hydrogen (secondary N) is 2. The SMILES string of the molecule is COc1ccc(CCNC(=O)NC(C)C(C)(C)c2ccccc2)cc1. The maximum Gasteiger partial charge on any atom is 0.315 e. The normalized spacial score (nSPS) is 12.3. The summed E-state index contributed by atoms with van der Waals surface area (Å²) in [6.45, 7) is 6.92. The fourth-order valence-electron chi connectivity index (χ4n) is 2.66. The molecule has 0 aliphatic rings. The molecule has 0 aliphatic heterocycles. The van der Waals surface area contributed by atoms with E-state index in [-0.39, 0.29) is 17.5 Å². The third-order valence-electron chi connectivity index (χ3n) is 4.81. The van der Waals surface area contributed by atoms with Crippen LogP contribution in [0.1, 0.15) is 31.9 Å². The molecule has 4 heteroatoms. The second-order valence-corrected chi connectivity index (χ2v) is 6.81. The molecule has 0 spiro atoms. The van der Waals surface area contributed by atoms with Crippen LogP contribution in [0, 0.1) is 0 Å². The Morgan fingerprint density at radius 3 is 2.32 bits per heavy atom. The fraction of sp³-hybridized carbons (Fsp3) is 0.381. The zero-order valence-corrected chi connectivity index (χ0v) is 15.5. The first-order valence-electron chi connectivity index (χ1n) is 8.66. The molecular weight excluding hydrogens is 312 g/mol. The first kappa shape index (κ1) is 18.8. The largest absolute Gasteiger partial charge is 0.497 e. The van der Waals surface area contributed by atoms with Crippen molar-refractivity contribution >= 4 is 6.03 Å². The van der Waals surface area contributed by atoms with Crippen LogP contribution >= 0.6 is 0 Å². The lowest BCUT2D eigenvalue weighted by atomic mass is 9.78. The van der Waals surface area contributed by atoms with Crippen LogP contribution in [0.2, 0.25) is 0 Å². The quantitative estimate of drug-likeness (QED) is 0.803. The van der Waals surface area contributed by atoms with Gasteiger partial charge < -0.3 is 15.4 Å². The molecule has 2 aromatic carbocycles. The second kappa shape index (κ2) is 8.56. The van der Waals surface area contributed by atoms with Crippen molar-refractivity contribution in [2.45, 2.75) is 38.6 Å². The van der Waals surface area contributed by atoms with Crippen molar-refractivity contribution in [2.75, 3.05) is 13.7 Å². The standard InChI is InChI=1S/C21H28N2O2/c1-16(21(2,3)18-8-6-5-7-9-18)23-20(24)22-15-14-17-10-12-19(25-4)13-11-17/h5-13,16H,14-15H2,1-4H3,(H2,22,23,24). The van der Waals surface area contributed by atoms with Gasteiger partial charge in [-0.15, -0.1) is 0 Å². The van der Waals surface area contributed by atoms with Crippen LogP contribution in [0.25, 0.3) is 0 Å². The molecule has 0 saturated heterocycles. The van der Waals surface area contributed by atoms with E-state index in [0.717, 1.165) is 12.2 Å². The minimum absolute atomic E-state index is 0.0101. The van der Waals surface area contributed by atoms with E-state index >= 15 is 0 Å². The Bertz CT molecular complexity index is 666. The molecule has 1 unspecified atom stereocenters. The van der Waals surface area contributed by atoms with Gasteiger partial charge >= 0.3 is 6.03 Å². The first-order valence-corrected chi connectivity index (χ1v) is 8.66. The van der Waals surface area contributed by atoms with E-state index in [9.17, 15) is 4.79 Å². The Kier molecular flexibility index (Phi) is 6.45. The molecule has 0 saturated carbocycles. The van der Waals surface area contributed by atoms with E-state index in [1.165, 1.54) is 11.1 Å². The molecule has 0 aromatic heterocycles. The fourth-order valence-corrected chi connectivity index (χ4v) is 2.66. The summed E-state index contributed by atoms with van der Waals surface area (Å²) in [6.07, 6.45) is 0.786. The minimum atomic E-state index is -0.144. The third kappa shape index (κ3) is 5.24. The van der Waals surface area contributed by atoms with Crippen LogP contribution in [0.4, 0.5) is 4.79 Å². The molecule has 0 fully saturated rings. The van der Waals surface area contributed by atoms with Gasteiger partial charge in [0.15, 0.2) is 0 Å². The number of hydrogen-bond acceptors (Lipinski definition) is 2. The molecule has 134 valence electrons. The van der Waals surface area contributed by atoms with Crippen molar-refractivity contribution in [1.82, 2.24) is 10.6 Å². The molecule has 2 aromatic rings. The van der Waals surface area contributed by atoms with E-state index in [2.05, 4.69) is 36.6 Å². The maximum absolute atomic E-state index is 12.2. The average molecular weight is 340 g/mol. The Balaban J connectivity index is 1.81. The molecule has 0 heterocycles. The van der Waals surface area contributed by atoms with Gasteiger partial charge in [0.2, 0.25) is 0 Å². The van der Waals surface area contributed by atoms with Gasteiger partial charge in [-0.2, -0.15) is 0 Å². The summed E-state index contributed by atoms with van der Waals surface area (Å²) in [6, 6.07) is 18.0. The highest BCUT2D eigenvalue weighted by atomic mass is 16.5. The van der Waals surface area contributed by atoms with Crippen molar-refractivity contribution in [3.8, 4) is 5.75 Å². The molecule has 25 heavy (non-hydrogen) atoms. The van der Waals surface area contributed by atoms with Crippen molar-refractivity contribution in [3.63, 3.8) is 0 Å². The number of rotatable bonds is 7. The molecule has 2 rings (SSSR count). The molecule has 0 aliphatic carbocycles. The summed E-state index contributed by atoms with van der Waals surface area (Å²) in [5.74, 6) is 0.839. The molecular formula is C21H28N2O2. The van der Waals surface area contributed by atoms with Gasteiger partial charge in [0.25, 0.3) is 0 Å². The number of carbonyl (C=O) groups excluding carboxylic acids is 1. The number of benzene rings is 2. The Morgan fingerprint density at radius 2 is 1.72 bits per heavy atom. The highest BCUT2D eigenvalue weighted by Gasteiger charge is 2.28. The number of amides is 2. The van der Waals surface area contributed by atoms with Crippen LogP contribution in [-0.4, -0.2) is 25.7 Å². The van der Waals surface area contributed by atoms with Gasteiger partial charge in [-0.25, -0.2) is 4.79 Å². The topological polar surface area (TPSA) is 50.4 Å². The zero-order chi connectivity index (χ0) is 18.3. The predicted molar refractivity (Wildman–Crippen MR) is 102 cm³/mol. The number of ether oxygens (including phenoxy) is 1. The summed E-state index contributed by atoms with van der Waals surface area (Å²) in [5.41, 5.74) is 2.23. The van der Waals surface area contributed by atoms with Crippen LogP contribution in [0.15, 0.2) is 54.6 Å². The first-order chi connectivity index (χ1) is 11.9. The monoisotopic (exact) mass is 340 g/mol. The summed E-state index contributed by atoms with van der Waals surface area (Å²) in [4.78, 5) is 12.2. The molecule has 0 radical (unpaired) electrons. The van der Waals surface area contributed by atoms with Crippen molar-refractivity contribution in [1.29, 1.82) is 0 Å². The minimum Gasteiger partial charge on any atom is -0.497 e. The van der Waals surface area contributed by atoms with Crippen LogP contribution < -0.4 is 15.4 Å². The lowest BCUT2D eigenvalue weighted by Crippen LogP contribution is -2.49. The molecule has 4 nitrogen and oxygen atoms in total. The smallest absolute Gasteiger partial charge is 0.315 e. The highest BCUT2D eigenvalue weighted by Crippen LogP contribution is 2.26. The van der Waals surface area contributed by atoms with Crippen LogP contribution in [-0.2, 0) is 11.8 Å². The number of methoxy groups -OCH3 is 1. The molecule has 0 bridgehead atoms. The number of carbonyl (C=O) groups is 1. The summed E-state index contributed by atoms with van der Waals surface area (Å²) in [7, 11) is 1.65. The predicted octanol–water partition coefficient (Wildman–Crippen LogP) is 3.90. The Morgan fingerprint density at radius 1 is 1.08 bits per heavy atom. The van der Waals surface area contributed by atoms with Gasteiger partial charge in [-0.3, -0.25) is 0 Å². The van der Waals surface area contributed by atoms with E-state index in [0.29, 0.717) is 6.54 Å². The van der Waals surface area contributed by atoms with Crippen molar-refractivity contribution in [2.24, 2.45) is 0 Å². The maximum atomic E-state index is 12.2. The molecule has 2 N–H and O–H groups in total. The third-order valence-corrected chi connectivity index (χ3v) is 4.81. The lowest BCUT2D eigenvalue weighted by molar-refractivity contribution is 0.231. The van der Waals surface area contributed by atoms with E-state index in [4.69, 9.17) is 4.74 Å².